The second-order valence-corrected chi connectivity index (χ2v) is 5.23. The highest BCUT2D eigenvalue weighted by Gasteiger charge is 2.29. The maximum atomic E-state index is 12.1. The van der Waals surface area contributed by atoms with Gasteiger partial charge in [0.25, 0.3) is 0 Å². The summed E-state index contributed by atoms with van der Waals surface area (Å²) in [6.07, 6.45) is 1.45. The van der Waals surface area contributed by atoms with Gasteiger partial charge in [0.2, 0.25) is 5.91 Å². The second-order valence-electron chi connectivity index (χ2n) is 4.97. The standard InChI is InChI=1S/C15H19ClN2O3/c16-9-14(19)17-10-13-7-4-8-18(13)15(20)21-11-12-5-2-1-3-6-12/h1-3,5-6,13H,4,7-11H2,(H,17,19)/t13-/m0/s1. The molecule has 1 aliphatic rings. The SMILES string of the molecule is O=C(CCl)NC[C@@H]1CCCN1C(=O)OCc1ccccc1. The van der Waals surface area contributed by atoms with Gasteiger partial charge in [0.15, 0.2) is 0 Å². The number of hydrogen-bond donors (Lipinski definition) is 1. The third kappa shape index (κ3) is 4.63. The van der Waals surface area contributed by atoms with E-state index in [4.69, 9.17) is 16.3 Å². The lowest BCUT2D eigenvalue weighted by Crippen LogP contribution is -2.43. The summed E-state index contributed by atoms with van der Waals surface area (Å²) in [6.45, 7) is 1.35. The molecule has 1 aromatic rings. The predicted octanol–water partition coefficient (Wildman–Crippen LogP) is 2.14. The second kappa shape index (κ2) is 7.88. The molecule has 0 aliphatic carbocycles. The fourth-order valence-electron chi connectivity index (χ4n) is 2.37. The third-order valence-corrected chi connectivity index (χ3v) is 3.72. The molecule has 6 heteroatoms. The minimum Gasteiger partial charge on any atom is -0.445 e. The first kappa shape index (κ1) is 15.6. The van der Waals surface area contributed by atoms with Crippen LogP contribution < -0.4 is 5.32 Å². The van der Waals surface area contributed by atoms with Gasteiger partial charge in [-0.1, -0.05) is 30.3 Å². The molecule has 0 aromatic heterocycles. The molecule has 1 atom stereocenters. The van der Waals surface area contributed by atoms with Crippen LogP contribution in [0.15, 0.2) is 30.3 Å². The number of likely N-dealkylation sites (tertiary alicyclic amines) is 1. The van der Waals surface area contributed by atoms with Gasteiger partial charge in [0.05, 0.1) is 6.04 Å². The highest BCUT2D eigenvalue weighted by atomic mass is 35.5. The predicted molar refractivity (Wildman–Crippen MR) is 80.1 cm³/mol. The Bertz CT molecular complexity index is 481. The number of rotatable bonds is 5. The fraction of sp³-hybridized carbons (Fsp3) is 0.467. The lowest BCUT2D eigenvalue weighted by Gasteiger charge is -2.24. The molecule has 1 fully saturated rings. The number of nitrogens with one attached hydrogen (secondary N) is 1. The maximum Gasteiger partial charge on any atom is 0.410 e. The average Bonchev–Trinajstić information content (AvgIpc) is 2.99. The van der Waals surface area contributed by atoms with Crippen LogP contribution in [-0.2, 0) is 16.1 Å². The Labute approximate surface area is 129 Å². The molecule has 1 aromatic carbocycles. The third-order valence-electron chi connectivity index (χ3n) is 3.47. The van der Waals surface area contributed by atoms with Crippen LogP contribution >= 0.6 is 11.6 Å². The number of benzene rings is 1. The zero-order valence-corrected chi connectivity index (χ0v) is 12.5. The summed E-state index contributed by atoms with van der Waals surface area (Å²) in [6, 6.07) is 9.54. The summed E-state index contributed by atoms with van der Waals surface area (Å²) in [5, 5.41) is 2.71. The maximum absolute atomic E-state index is 12.1. The Morgan fingerprint density at radius 2 is 2.10 bits per heavy atom. The van der Waals surface area contributed by atoms with Gasteiger partial charge in [-0.15, -0.1) is 11.6 Å². The molecule has 1 N–H and O–H groups in total. The van der Waals surface area contributed by atoms with E-state index >= 15 is 0 Å². The number of carbonyl (C=O) groups excluding carboxylic acids is 2. The Hall–Kier alpha value is -1.75. The van der Waals surface area contributed by atoms with Crippen LogP contribution in [0.25, 0.3) is 0 Å². The molecular weight excluding hydrogens is 292 g/mol. The number of hydrogen-bond acceptors (Lipinski definition) is 3. The number of alkyl halides is 1. The average molecular weight is 311 g/mol. The smallest absolute Gasteiger partial charge is 0.410 e. The van der Waals surface area contributed by atoms with Crippen LogP contribution in [0.4, 0.5) is 4.79 Å². The van der Waals surface area contributed by atoms with Crippen molar-refractivity contribution in [2.24, 2.45) is 0 Å². The zero-order valence-electron chi connectivity index (χ0n) is 11.8. The van der Waals surface area contributed by atoms with Crippen LogP contribution in [0, 0.1) is 0 Å². The molecule has 0 unspecified atom stereocenters. The summed E-state index contributed by atoms with van der Waals surface area (Å²) in [7, 11) is 0. The summed E-state index contributed by atoms with van der Waals surface area (Å²) in [5.74, 6) is -0.285. The Morgan fingerprint density at radius 1 is 1.33 bits per heavy atom. The first-order chi connectivity index (χ1) is 10.2. The molecule has 114 valence electrons. The molecule has 0 radical (unpaired) electrons. The van der Waals surface area contributed by atoms with Crippen molar-refractivity contribution in [1.29, 1.82) is 0 Å². The largest absolute Gasteiger partial charge is 0.445 e. The molecule has 1 aliphatic heterocycles. The lowest BCUT2D eigenvalue weighted by atomic mass is 10.2. The van der Waals surface area contributed by atoms with Crippen molar-refractivity contribution in [1.82, 2.24) is 10.2 Å². The summed E-state index contributed by atoms with van der Waals surface area (Å²) in [5.41, 5.74) is 0.956. The zero-order chi connectivity index (χ0) is 15.1. The number of halogens is 1. The van der Waals surface area contributed by atoms with Gasteiger partial charge in [0.1, 0.15) is 12.5 Å². The van der Waals surface area contributed by atoms with E-state index in [9.17, 15) is 9.59 Å². The van der Waals surface area contributed by atoms with Crippen molar-refractivity contribution in [2.75, 3.05) is 19.0 Å². The minimum atomic E-state index is -0.332. The molecule has 0 saturated carbocycles. The molecular formula is C15H19ClN2O3. The van der Waals surface area contributed by atoms with E-state index in [1.807, 2.05) is 30.3 Å². The quantitative estimate of drug-likeness (QED) is 0.848. The van der Waals surface area contributed by atoms with Crippen LogP contribution in [0.3, 0.4) is 0 Å². The van der Waals surface area contributed by atoms with E-state index in [1.54, 1.807) is 4.90 Å². The highest BCUT2D eigenvalue weighted by molar-refractivity contribution is 6.27. The van der Waals surface area contributed by atoms with E-state index in [2.05, 4.69) is 5.32 Å². The summed E-state index contributed by atoms with van der Waals surface area (Å²) in [4.78, 5) is 25.0. The number of ether oxygens (including phenoxy) is 1. The minimum absolute atomic E-state index is 0.0135. The molecule has 0 bridgehead atoms. The summed E-state index contributed by atoms with van der Waals surface area (Å²) < 4.78 is 5.32. The molecule has 5 nitrogen and oxygen atoms in total. The van der Waals surface area contributed by atoms with Crippen molar-refractivity contribution in [3.63, 3.8) is 0 Å². The van der Waals surface area contributed by atoms with Crippen LogP contribution in [0.1, 0.15) is 18.4 Å². The van der Waals surface area contributed by atoms with Gasteiger partial charge in [-0.2, -0.15) is 0 Å². The van der Waals surface area contributed by atoms with Gasteiger partial charge >= 0.3 is 6.09 Å². The van der Waals surface area contributed by atoms with E-state index in [1.165, 1.54) is 0 Å². The first-order valence-corrected chi connectivity index (χ1v) is 7.54. The molecule has 1 heterocycles. The molecule has 2 amide bonds. The van der Waals surface area contributed by atoms with Gasteiger partial charge in [-0.3, -0.25) is 4.79 Å². The Morgan fingerprint density at radius 3 is 2.81 bits per heavy atom. The van der Waals surface area contributed by atoms with Crippen molar-refractivity contribution in [2.45, 2.75) is 25.5 Å². The van der Waals surface area contributed by atoms with E-state index < -0.39 is 0 Å². The Balaban J connectivity index is 1.81. The van der Waals surface area contributed by atoms with Crippen molar-refractivity contribution >= 4 is 23.6 Å². The van der Waals surface area contributed by atoms with E-state index in [0.717, 1.165) is 18.4 Å². The molecule has 21 heavy (non-hydrogen) atoms. The molecule has 0 spiro atoms. The van der Waals surface area contributed by atoms with E-state index in [-0.39, 0.29) is 30.5 Å². The molecule has 1 saturated heterocycles. The monoisotopic (exact) mass is 310 g/mol. The summed E-state index contributed by atoms with van der Waals surface area (Å²) >= 11 is 5.44. The number of amides is 2. The number of carbonyl (C=O) groups is 2. The van der Waals surface area contributed by atoms with Gasteiger partial charge < -0.3 is 15.0 Å². The fourth-order valence-corrected chi connectivity index (χ4v) is 2.46. The Kier molecular flexibility index (Phi) is 5.87. The van der Waals surface area contributed by atoms with Gasteiger partial charge in [-0.25, -0.2) is 4.79 Å². The van der Waals surface area contributed by atoms with Crippen molar-refractivity contribution in [3.05, 3.63) is 35.9 Å². The van der Waals surface area contributed by atoms with Crippen molar-refractivity contribution < 1.29 is 14.3 Å². The molecule has 2 rings (SSSR count). The number of nitrogens with zero attached hydrogens (tertiary/aromatic N) is 1. The topological polar surface area (TPSA) is 58.6 Å². The first-order valence-electron chi connectivity index (χ1n) is 7.00. The highest BCUT2D eigenvalue weighted by Crippen LogP contribution is 2.18. The van der Waals surface area contributed by atoms with Crippen LogP contribution in [0.2, 0.25) is 0 Å². The van der Waals surface area contributed by atoms with Crippen molar-refractivity contribution in [3.8, 4) is 0 Å². The van der Waals surface area contributed by atoms with E-state index in [0.29, 0.717) is 13.1 Å². The van der Waals surface area contributed by atoms with Crippen LogP contribution in [-0.4, -0.2) is 41.9 Å². The normalized spacial score (nSPS) is 17.6. The van der Waals surface area contributed by atoms with Crippen LogP contribution in [0.5, 0.6) is 0 Å². The van der Waals surface area contributed by atoms with Gasteiger partial charge in [0, 0.05) is 13.1 Å². The van der Waals surface area contributed by atoms with Gasteiger partial charge in [-0.05, 0) is 18.4 Å². The lowest BCUT2D eigenvalue weighted by molar-refractivity contribution is -0.118.